The second-order valence-corrected chi connectivity index (χ2v) is 9.50. The SMILES string of the molecule is CC(C)(Br)[Se]c1ccccc1. The summed E-state index contributed by atoms with van der Waals surface area (Å²) >= 11 is 4.17. The molecule has 1 aromatic rings. The summed E-state index contributed by atoms with van der Waals surface area (Å²) in [6.45, 7) is 4.42. The first kappa shape index (κ1) is 9.31. The van der Waals surface area contributed by atoms with E-state index in [1.54, 1.807) is 0 Å². The van der Waals surface area contributed by atoms with Crippen molar-refractivity contribution in [2.24, 2.45) is 0 Å². The number of hydrogen-bond donors (Lipinski definition) is 0. The van der Waals surface area contributed by atoms with Crippen LogP contribution in [0.15, 0.2) is 30.3 Å². The van der Waals surface area contributed by atoms with E-state index in [9.17, 15) is 0 Å². The Kier molecular flexibility index (Phi) is 3.17. The summed E-state index contributed by atoms with van der Waals surface area (Å²) in [5.74, 6) is 0. The van der Waals surface area contributed by atoms with Gasteiger partial charge in [-0.2, -0.15) is 0 Å². The molecular weight excluding hydrogens is 267 g/mol. The average molecular weight is 278 g/mol. The summed E-state index contributed by atoms with van der Waals surface area (Å²) in [6, 6.07) is 10.6. The molecule has 0 nitrogen and oxygen atoms in total. The Balaban J connectivity index is 2.66. The topological polar surface area (TPSA) is 0 Å². The number of benzene rings is 1. The van der Waals surface area contributed by atoms with Gasteiger partial charge in [0.25, 0.3) is 0 Å². The van der Waals surface area contributed by atoms with Crippen molar-refractivity contribution in [2.75, 3.05) is 0 Å². The third kappa shape index (κ3) is 3.95. The van der Waals surface area contributed by atoms with Crippen molar-refractivity contribution in [2.45, 2.75) is 17.1 Å². The normalized spacial score (nSPS) is 11.5. The first-order valence-electron chi connectivity index (χ1n) is 3.51. The van der Waals surface area contributed by atoms with Gasteiger partial charge >= 0.3 is 82.8 Å². The van der Waals surface area contributed by atoms with Gasteiger partial charge in [0.05, 0.1) is 0 Å². The van der Waals surface area contributed by atoms with Gasteiger partial charge in [-0.15, -0.1) is 0 Å². The Hall–Kier alpha value is 0.219. The molecule has 0 aliphatic rings. The fourth-order valence-electron chi connectivity index (χ4n) is 0.769. The molecule has 0 bridgehead atoms. The van der Waals surface area contributed by atoms with E-state index < -0.39 is 0 Å². The fraction of sp³-hybridized carbons (Fsp3) is 0.333. The first-order chi connectivity index (χ1) is 5.08. The van der Waals surface area contributed by atoms with Crippen molar-refractivity contribution in [3.8, 4) is 0 Å². The minimum atomic E-state index is 0.279. The zero-order valence-corrected chi connectivity index (χ0v) is 9.97. The molecular formula is C9H11BrSe. The van der Waals surface area contributed by atoms with Crippen LogP contribution < -0.4 is 4.46 Å². The van der Waals surface area contributed by atoms with Crippen LogP contribution in [-0.4, -0.2) is 18.2 Å². The van der Waals surface area contributed by atoms with E-state index >= 15 is 0 Å². The van der Waals surface area contributed by atoms with Crippen LogP contribution in [0.3, 0.4) is 0 Å². The Bertz CT molecular complexity index is 213. The van der Waals surface area contributed by atoms with Crippen LogP contribution in [0.1, 0.15) is 13.8 Å². The van der Waals surface area contributed by atoms with Gasteiger partial charge in [0.15, 0.2) is 0 Å². The van der Waals surface area contributed by atoms with Gasteiger partial charge in [0, 0.05) is 0 Å². The molecule has 0 saturated heterocycles. The van der Waals surface area contributed by atoms with Crippen LogP contribution in [0.5, 0.6) is 0 Å². The summed E-state index contributed by atoms with van der Waals surface area (Å²) < 4.78 is 1.73. The van der Waals surface area contributed by atoms with Crippen LogP contribution in [0.2, 0.25) is 0 Å². The van der Waals surface area contributed by atoms with Crippen molar-refractivity contribution in [3.63, 3.8) is 0 Å². The predicted octanol–water partition coefficient (Wildman–Crippen LogP) is 2.15. The summed E-state index contributed by atoms with van der Waals surface area (Å²) in [5.41, 5.74) is 0. The van der Waals surface area contributed by atoms with E-state index in [0.29, 0.717) is 15.0 Å². The van der Waals surface area contributed by atoms with Crippen molar-refractivity contribution in [1.82, 2.24) is 0 Å². The van der Waals surface area contributed by atoms with E-state index in [0.717, 1.165) is 0 Å². The number of halogens is 1. The molecule has 0 amide bonds. The van der Waals surface area contributed by atoms with E-state index in [1.807, 2.05) is 0 Å². The summed E-state index contributed by atoms with van der Waals surface area (Å²) in [5, 5.41) is 0. The molecule has 0 aliphatic carbocycles. The third-order valence-corrected chi connectivity index (χ3v) is 4.03. The van der Waals surface area contributed by atoms with Crippen LogP contribution in [0, 0.1) is 0 Å². The average Bonchev–Trinajstić information content (AvgIpc) is 1.85. The van der Waals surface area contributed by atoms with E-state index in [-0.39, 0.29) is 3.22 Å². The van der Waals surface area contributed by atoms with Crippen LogP contribution in [0.4, 0.5) is 0 Å². The molecule has 1 rings (SSSR count). The zero-order valence-electron chi connectivity index (χ0n) is 6.67. The molecule has 60 valence electrons. The molecule has 2 heteroatoms. The van der Waals surface area contributed by atoms with E-state index in [4.69, 9.17) is 0 Å². The molecule has 0 aliphatic heterocycles. The molecule has 11 heavy (non-hydrogen) atoms. The standard InChI is InChI=1S/C9H11BrSe/c1-9(2,10)11-8-6-4-3-5-7-8/h3-7H,1-2H3. The van der Waals surface area contributed by atoms with Gasteiger partial charge in [-0.05, 0) is 0 Å². The third-order valence-electron chi connectivity index (χ3n) is 1.10. The molecule has 0 atom stereocenters. The van der Waals surface area contributed by atoms with E-state index in [2.05, 4.69) is 60.1 Å². The van der Waals surface area contributed by atoms with Crippen molar-refractivity contribution < 1.29 is 0 Å². The summed E-state index contributed by atoms with van der Waals surface area (Å²) in [7, 11) is 0. The zero-order chi connectivity index (χ0) is 8.32. The Morgan fingerprint density at radius 1 is 1.18 bits per heavy atom. The Morgan fingerprint density at radius 2 is 1.73 bits per heavy atom. The monoisotopic (exact) mass is 278 g/mol. The second kappa shape index (κ2) is 3.75. The van der Waals surface area contributed by atoms with Gasteiger partial charge < -0.3 is 0 Å². The van der Waals surface area contributed by atoms with Crippen molar-refractivity contribution in [1.29, 1.82) is 0 Å². The second-order valence-electron chi connectivity index (χ2n) is 2.78. The molecule has 0 radical (unpaired) electrons. The number of alkyl halides is 1. The van der Waals surface area contributed by atoms with Gasteiger partial charge in [-0.3, -0.25) is 0 Å². The van der Waals surface area contributed by atoms with Gasteiger partial charge in [0.2, 0.25) is 0 Å². The van der Waals surface area contributed by atoms with Crippen LogP contribution in [-0.2, 0) is 0 Å². The molecule has 0 heterocycles. The quantitative estimate of drug-likeness (QED) is 0.574. The Morgan fingerprint density at radius 3 is 2.18 bits per heavy atom. The van der Waals surface area contributed by atoms with Gasteiger partial charge in [-0.1, -0.05) is 0 Å². The number of rotatable bonds is 2. The molecule has 1 aromatic carbocycles. The predicted molar refractivity (Wildman–Crippen MR) is 54.8 cm³/mol. The molecule has 0 unspecified atom stereocenters. The number of hydrogen-bond acceptors (Lipinski definition) is 0. The molecule has 0 saturated carbocycles. The van der Waals surface area contributed by atoms with Gasteiger partial charge in [0.1, 0.15) is 0 Å². The molecule has 0 fully saturated rings. The van der Waals surface area contributed by atoms with Crippen molar-refractivity contribution in [3.05, 3.63) is 30.3 Å². The summed E-state index contributed by atoms with van der Waals surface area (Å²) in [6.07, 6.45) is 0. The van der Waals surface area contributed by atoms with Crippen LogP contribution in [0.25, 0.3) is 0 Å². The van der Waals surface area contributed by atoms with Crippen LogP contribution >= 0.6 is 15.9 Å². The maximum atomic E-state index is 3.64. The van der Waals surface area contributed by atoms with E-state index in [1.165, 1.54) is 4.46 Å². The summed E-state index contributed by atoms with van der Waals surface area (Å²) in [4.78, 5) is 0. The minimum absolute atomic E-state index is 0.279. The fourth-order valence-corrected chi connectivity index (χ4v) is 3.53. The molecule has 0 aromatic heterocycles. The maximum absolute atomic E-state index is 3.64. The first-order valence-corrected chi connectivity index (χ1v) is 6.01. The molecule has 0 spiro atoms. The van der Waals surface area contributed by atoms with Crippen molar-refractivity contribution >= 4 is 35.3 Å². The Labute approximate surface area is 82.7 Å². The molecule has 0 N–H and O–H groups in total. The van der Waals surface area contributed by atoms with Gasteiger partial charge in [-0.25, -0.2) is 0 Å².